The number of ether oxygens (including phenoxy) is 2. The van der Waals surface area contributed by atoms with Gasteiger partial charge in [-0.25, -0.2) is 0 Å². The third-order valence-corrected chi connectivity index (χ3v) is 4.50. The largest absolute Gasteiger partial charge is 0.493 e. The summed E-state index contributed by atoms with van der Waals surface area (Å²) in [5, 5.41) is 20.4. The molecule has 2 N–H and O–H groups in total. The quantitative estimate of drug-likeness (QED) is 0.894. The summed E-state index contributed by atoms with van der Waals surface area (Å²) in [7, 11) is 4.99. The van der Waals surface area contributed by atoms with Gasteiger partial charge in [-0.2, -0.15) is 0 Å². The van der Waals surface area contributed by atoms with Crippen molar-refractivity contribution in [1.82, 2.24) is 4.90 Å². The van der Waals surface area contributed by atoms with Gasteiger partial charge in [-0.3, -0.25) is 4.90 Å². The van der Waals surface area contributed by atoms with Crippen LogP contribution in [0.3, 0.4) is 0 Å². The number of likely N-dealkylation sites (N-methyl/N-ethyl adjacent to an activating group) is 1. The Kier molecular flexibility index (Phi) is 4.30. The van der Waals surface area contributed by atoms with E-state index in [2.05, 4.69) is 0 Å². The number of hydrogen-bond acceptors (Lipinski definition) is 6. The van der Waals surface area contributed by atoms with Crippen molar-refractivity contribution in [3.63, 3.8) is 0 Å². The summed E-state index contributed by atoms with van der Waals surface area (Å²) in [5.41, 5.74) is 1.58. The molecule has 6 heteroatoms. The number of methoxy groups -OCH3 is 2. The average molecular weight is 319 g/mol. The predicted octanol–water partition coefficient (Wildman–Crippen LogP) is 1.73. The Morgan fingerprint density at radius 3 is 2.35 bits per heavy atom. The molecule has 1 aromatic carbocycles. The second kappa shape index (κ2) is 6.23. The van der Waals surface area contributed by atoms with Gasteiger partial charge in [0.2, 0.25) is 0 Å². The molecule has 0 bridgehead atoms. The normalized spacial score (nSPS) is 24.3. The fraction of sp³-hybridized carbons (Fsp3) is 0.412. The van der Waals surface area contributed by atoms with Gasteiger partial charge < -0.3 is 24.1 Å². The van der Waals surface area contributed by atoms with E-state index in [-0.39, 0.29) is 12.6 Å². The molecule has 124 valence electrons. The van der Waals surface area contributed by atoms with E-state index >= 15 is 0 Å². The molecule has 0 spiro atoms. The van der Waals surface area contributed by atoms with Gasteiger partial charge in [0.05, 0.1) is 45.3 Å². The van der Waals surface area contributed by atoms with Crippen LogP contribution in [-0.4, -0.2) is 49.0 Å². The molecular weight excluding hydrogens is 298 g/mol. The van der Waals surface area contributed by atoms with E-state index in [4.69, 9.17) is 13.9 Å². The van der Waals surface area contributed by atoms with E-state index in [1.165, 1.54) is 0 Å². The molecule has 23 heavy (non-hydrogen) atoms. The van der Waals surface area contributed by atoms with E-state index in [1.54, 1.807) is 26.5 Å². The standard InChI is InChI=1S/C17H21NO5/c1-18-12(9-19)17(20)11-8-15(22-3)14(21-2)7-10(11)16(18)13-5-4-6-23-13/h4-8,12,16-17,19-20H,9H2,1-3H3/t12-,16+,17+/m0/s1. The van der Waals surface area contributed by atoms with Crippen molar-refractivity contribution < 1.29 is 24.1 Å². The van der Waals surface area contributed by atoms with Crippen molar-refractivity contribution in [1.29, 1.82) is 0 Å². The molecule has 6 nitrogen and oxygen atoms in total. The molecule has 3 rings (SSSR count). The van der Waals surface area contributed by atoms with Crippen LogP contribution < -0.4 is 9.47 Å². The van der Waals surface area contributed by atoms with Crippen LogP contribution in [-0.2, 0) is 0 Å². The highest BCUT2D eigenvalue weighted by molar-refractivity contribution is 5.52. The van der Waals surface area contributed by atoms with Gasteiger partial charge >= 0.3 is 0 Å². The minimum atomic E-state index is -0.828. The minimum absolute atomic E-state index is 0.164. The Balaban J connectivity index is 2.21. The minimum Gasteiger partial charge on any atom is -0.493 e. The first-order valence-corrected chi connectivity index (χ1v) is 7.42. The molecule has 3 atom stereocenters. The molecule has 0 radical (unpaired) electrons. The van der Waals surface area contributed by atoms with Crippen molar-refractivity contribution in [2.75, 3.05) is 27.9 Å². The maximum atomic E-state index is 10.7. The molecule has 2 aromatic rings. The molecule has 0 aliphatic carbocycles. The number of nitrogens with zero attached hydrogens (tertiary/aromatic N) is 1. The molecule has 0 fully saturated rings. The highest BCUT2D eigenvalue weighted by atomic mass is 16.5. The number of fused-ring (bicyclic) bond motifs is 1. The molecule has 0 saturated carbocycles. The summed E-state index contributed by atoms with van der Waals surface area (Å²) in [6, 6.07) is 6.67. The third kappa shape index (κ3) is 2.49. The second-order valence-corrected chi connectivity index (χ2v) is 5.61. The number of benzene rings is 1. The zero-order valence-electron chi connectivity index (χ0n) is 13.4. The molecule has 0 amide bonds. The maximum Gasteiger partial charge on any atom is 0.161 e. The fourth-order valence-corrected chi connectivity index (χ4v) is 3.27. The number of aliphatic hydroxyl groups is 2. The van der Waals surface area contributed by atoms with E-state index in [0.717, 1.165) is 11.3 Å². The van der Waals surface area contributed by atoms with Gasteiger partial charge in [0.25, 0.3) is 0 Å². The van der Waals surface area contributed by atoms with Gasteiger partial charge in [-0.15, -0.1) is 0 Å². The molecule has 1 aromatic heterocycles. The molecule has 0 saturated heterocycles. The van der Waals surface area contributed by atoms with Crippen LogP contribution >= 0.6 is 0 Å². The molecule has 2 heterocycles. The monoisotopic (exact) mass is 319 g/mol. The highest BCUT2D eigenvalue weighted by Gasteiger charge is 2.40. The van der Waals surface area contributed by atoms with Gasteiger partial charge in [-0.1, -0.05) is 0 Å². The lowest BCUT2D eigenvalue weighted by atomic mass is 9.85. The van der Waals surface area contributed by atoms with Gasteiger partial charge in [0, 0.05) is 0 Å². The van der Waals surface area contributed by atoms with E-state index < -0.39 is 12.1 Å². The highest BCUT2D eigenvalue weighted by Crippen LogP contribution is 2.45. The first kappa shape index (κ1) is 15.9. The summed E-state index contributed by atoms with van der Waals surface area (Å²) >= 11 is 0. The third-order valence-electron chi connectivity index (χ3n) is 4.50. The van der Waals surface area contributed by atoms with E-state index in [1.807, 2.05) is 30.1 Å². The van der Waals surface area contributed by atoms with Crippen molar-refractivity contribution >= 4 is 0 Å². The summed E-state index contributed by atoms with van der Waals surface area (Å²) in [4.78, 5) is 1.91. The lowest BCUT2D eigenvalue weighted by molar-refractivity contribution is -0.00423. The van der Waals surface area contributed by atoms with Crippen molar-refractivity contribution in [2.24, 2.45) is 0 Å². The van der Waals surface area contributed by atoms with E-state index in [9.17, 15) is 10.2 Å². The predicted molar refractivity (Wildman–Crippen MR) is 83.7 cm³/mol. The summed E-state index contributed by atoms with van der Waals surface area (Å²) in [6.45, 7) is -0.164. The lowest BCUT2D eigenvalue weighted by Gasteiger charge is -2.42. The van der Waals surface area contributed by atoms with Crippen molar-refractivity contribution in [3.8, 4) is 11.5 Å². The maximum absolute atomic E-state index is 10.7. The Labute approximate surface area is 134 Å². The summed E-state index contributed by atoms with van der Waals surface area (Å²) < 4.78 is 16.3. The number of aliphatic hydroxyl groups excluding tert-OH is 2. The molecule has 0 unspecified atom stereocenters. The van der Waals surface area contributed by atoms with Crippen LogP contribution in [0.5, 0.6) is 11.5 Å². The second-order valence-electron chi connectivity index (χ2n) is 5.61. The molecule has 1 aliphatic rings. The first-order valence-electron chi connectivity index (χ1n) is 7.42. The van der Waals surface area contributed by atoms with Crippen LogP contribution in [0.25, 0.3) is 0 Å². The van der Waals surface area contributed by atoms with Crippen LogP contribution in [0.1, 0.15) is 29.0 Å². The zero-order valence-corrected chi connectivity index (χ0v) is 13.4. The van der Waals surface area contributed by atoms with Crippen molar-refractivity contribution in [2.45, 2.75) is 18.2 Å². The Hall–Kier alpha value is -2.02. The van der Waals surface area contributed by atoms with Crippen LogP contribution in [0.2, 0.25) is 0 Å². The van der Waals surface area contributed by atoms with E-state index in [0.29, 0.717) is 17.1 Å². The van der Waals surface area contributed by atoms with Crippen LogP contribution in [0, 0.1) is 0 Å². The van der Waals surface area contributed by atoms with Crippen LogP contribution in [0.4, 0.5) is 0 Å². The van der Waals surface area contributed by atoms with Gasteiger partial charge in [-0.05, 0) is 42.4 Å². The summed E-state index contributed by atoms with van der Waals surface area (Å²) in [6.07, 6.45) is 0.786. The van der Waals surface area contributed by atoms with Gasteiger partial charge in [0.1, 0.15) is 5.76 Å². The molecule has 1 aliphatic heterocycles. The molecular formula is C17H21NO5. The van der Waals surface area contributed by atoms with Crippen molar-refractivity contribution in [3.05, 3.63) is 47.4 Å². The topological polar surface area (TPSA) is 75.3 Å². The average Bonchev–Trinajstić information content (AvgIpc) is 3.08. The lowest BCUT2D eigenvalue weighted by Crippen LogP contribution is -2.46. The SMILES string of the molecule is COc1cc2c(cc1OC)[C@@H](O)[C@H](CO)N(C)[C@H]2c1ccco1. The smallest absolute Gasteiger partial charge is 0.161 e. The Morgan fingerprint density at radius 1 is 1.17 bits per heavy atom. The fourth-order valence-electron chi connectivity index (χ4n) is 3.27. The zero-order chi connectivity index (χ0) is 16.6. The Bertz CT molecular complexity index is 670. The summed E-state index contributed by atoms with van der Waals surface area (Å²) in [5.74, 6) is 1.88. The van der Waals surface area contributed by atoms with Gasteiger partial charge in [0.15, 0.2) is 11.5 Å². The number of hydrogen-bond donors (Lipinski definition) is 2. The Morgan fingerprint density at radius 2 is 1.83 bits per heavy atom. The van der Waals surface area contributed by atoms with Crippen LogP contribution in [0.15, 0.2) is 34.9 Å². The number of furan rings is 1. The number of rotatable bonds is 4. The first-order chi connectivity index (χ1) is 11.1.